The number of anilines is 1. The van der Waals surface area contributed by atoms with Gasteiger partial charge in [-0.15, -0.1) is 0 Å². The maximum absolute atomic E-state index is 12.6. The highest BCUT2D eigenvalue weighted by molar-refractivity contribution is 6.34. The number of carbonyl (C=O) groups is 3. The molecule has 0 bridgehead atoms. The summed E-state index contributed by atoms with van der Waals surface area (Å²) in [6.07, 6.45) is 0.906. The van der Waals surface area contributed by atoms with Crippen molar-refractivity contribution in [1.82, 2.24) is 4.90 Å². The Balaban J connectivity index is 1.61. The molecule has 0 aromatic heterocycles. The number of esters is 1. The van der Waals surface area contributed by atoms with Crippen LogP contribution in [0.5, 0.6) is 0 Å². The monoisotopic (exact) mass is 400 g/mol. The first-order valence-electron chi connectivity index (χ1n) is 8.98. The highest BCUT2D eigenvalue weighted by atomic mass is 35.5. The van der Waals surface area contributed by atoms with Crippen molar-refractivity contribution in [3.05, 3.63) is 64.7 Å². The van der Waals surface area contributed by atoms with Crippen LogP contribution < -0.4 is 5.32 Å². The summed E-state index contributed by atoms with van der Waals surface area (Å²) >= 11 is 6.13. The lowest BCUT2D eigenvalue weighted by molar-refractivity contribution is -0.128. The van der Waals surface area contributed by atoms with Crippen molar-refractivity contribution in [2.75, 3.05) is 25.5 Å². The van der Waals surface area contributed by atoms with E-state index in [1.807, 2.05) is 30.3 Å². The van der Waals surface area contributed by atoms with Gasteiger partial charge in [0.15, 0.2) is 0 Å². The van der Waals surface area contributed by atoms with E-state index in [1.54, 1.807) is 4.90 Å². The van der Waals surface area contributed by atoms with Crippen molar-refractivity contribution in [3.63, 3.8) is 0 Å². The van der Waals surface area contributed by atoms with Crippen molar-refractivity contribution in [2.24, 2.45) is 5.92 Å². The van der Waals surface area contributed by atoms with Gasteiger partial charge in [-0.05, 0) is 30.2 Å². The molecule has 1 aliphatic rings. The van der Waals surface area contributed by atoms with Crippen molar-refractivity contribution < 1.29 is 19.1 Å². The fourth-order valence-electron chi connectivity index (χ4n) is 3.17. The number of carbonyl (C=O) groups excluding carboxylic acids is 3. The Hall–Kier alpha value is -2.86. The predicted octanol–water partition coefficient (Wildman–Crippen LogP) is 3.16. The number of nitrogens with one attached hydrogen (secondary N) is 1. The Kier molecular flexibility index (Phi) is 6.31. The number of likely N-dealkylation sites (tertiary alicyclic amines) is 1. The van der Waals surface area contributed by atoms with Gasteiger partial charge in [0.1, 0.15) is 0 Å². The summed E-state index contributed by atoms with van der Waals surface area (Å²) in [6.45, 7) is 0.941. The molecule has 7 heteroatoms. The molecule has 1 fully saturated rings. The van der Waals surface area contributed by atoms with Crippen molar-refractivity contribution in [3.8, 4) is 0 Å². The third-order valence-electron chi connectivity index (χ3n) is 4.74. The maximum Gasteiger partial charge on any atom is 0.337 e. The number of nitrogens with zero attached hydrogens (tertiary/aromatic N) is 1. The molecule has 1 aliphatic heterocycles. The number of ether oxygens (including phenoxy) is 1. The highest BCUT2D eigenvalue weighted by Crippen LogP contribution is 2.26. The normalized spacial score (nSPS) is 16.1. The van der Waals surface area contributed by atoms with E-state index in [0.29, 0.717) is 23.8 Å². The summed E-state index contributed by atoms with van der Waals surface area (Å²) in [7, 11) is 1.28. The Labute approximate surface area is 168 Å². The Morgan fingerprint density at radius 1 is 1.21 bits per heavy atom. The molecule has 1 heterocycles. The van der Waals surface area contributed by atoms with Crippen LogP contribution in [0.3, 0.4) is 0 Å². The van der Waals surface area contributed by atoms with Gasteiger partial charge >= 0.3 is 5.97 Å². The van der Waals surface area contributed by atoms with Gasteiger partial charge in [-0.2, -0.15) is 0 Å². The largest absolute Gasteiger partial charge is 0.465 e. The zero-order chi connectivity index (χ0) is 20.1. The van der Waals surface area contributed by atoms with Gasteiger partial charge < -0.3 is 15.0 Å². The SMILES string of the molecule is COC(=O)c1ccc(Cl)c(NC(=O)C2CC(=O)N(CCc3ccccc3)C2)c1. The molecule has 1 saturated heterocycles. The number of hydrogen-bond acceptors (Lipinski definition) is 4. The number of amides is 2. The lowest BCUT2D eigenvalue weighted by Crippen LogP contribution is -2.30. The molecular weight excluding hydrogens is 380 g/mol. The second-order valence-electron chi connectivity index (χ2n) is 6.65. The van der Waals surface area contributed by atoms with Gasteiger partial charge in [-0.25, -0.2) is 4.79 Å². The van der Waals surface area contributed by atoms with Crippen molar-refractivity contribution in [1.29, 1.82) is 0 Å². The van der Waals surface area contributed by atoms with Crippen LogP contribution in [-0.2, 0) is 20.7 Å². The van der Waals surface area contributed by atoms with E-state index in [4.69, 9.17) is 11.6 Å². The molecule has 0 radical (unpaired) electrons. The van der Waals surface area contributed by atoms with Gasteiger partial charge in [0.25, 0.3) is 0 Å². The highest BCUT2D eigenvalue weighted by Gasteiger charge is 2.34. The first-order chi connectivity index (χ1) is 13.5. The fourth-order valence-corrected chi connectivity index (χ4v) is 3.34. The Bertz CT molecular complexity index is 885. The summed E-state index contributed by atoms with van der Waals surface area (Å²) in [5.74, 6) is -1.30. The Morgan fingerprint density at radius 2 is 1.96 bits per heavy atom. The van der Waals surface area contributed by atoms with Gasteiger partial charge in [-0.1, -0.05) is 41.9 Å². The van der Waals surface area contributed by atoms with Crippen LogP contribution in [0.2, 0.25) is 5.02 Å². The van der Waals surface area contributed by atoms with Crippen molar-refractivity contribution >= 4 is 35.1 Å². The van der Waals surface area contributed by atoms with Gasteiger partial charge in [-0.3, -0.25) is 9.59 Å². The standard InChI is InChI=1S/C21H21ClN2O4/c1-28-21(27)15-7-8-17(22)18(11-15)23-20(26)16-12-19(25)24(13-16)10-9-14-5-3-2-4-6-14/h2-8,11,16H,9-10,12-13H2,1H3,(H,23,26). The van der Waals surface area contributed by atoms with Gasteiger partial charge in [0, 0.05) is 19.5 Å². The van der Waals surface area contributed by atoms with Crippen LogP contribution in [0, 0.1) is 5.92 Å². The number of benzene rings is 2. The Morgan fingerprint density at radius 3 is 2.68 bits per heavy atom. The third-order valence-corrected chi connectivity index (χ3v) is 5.07. The molecule has 1 N–H and O–H groups in total. The van der Waals surface area contributed by atoms with E-state index < -0.39 is 11.9 Å². The van der Waals surface area contributed by atoms with Crippen LogP contribution in [0.15, 0.2) is 48.5 Å². The van der Waals surface area contributed by atoms with Crippen molar-refractivity contribution in [2.45, 2.75) is 12.8 Å². The molecule has 2 amide bonds. The van der Waals surface area contributed by atoms with Crippen LogP contribution in [0.25, 0.3) is 0 Å². The second kappa shape index (κ2) is 8.89. The molecule has 1 atom stereocenters. The van der Waals surface area contributed by atoms with Crippen LogP contribution in [0.1, 0.15) is 22.3 Å². The van der Waals surface area contributed by atoms with E-state index in [0.717, 1.165) is 12.0 Å². The van der Waals surface area contributed by atoms with Gasteiger partial charge in [0.2, 0.25) is 11.8 Å². The third kappa shape index (κ3) is 4.70. The first kappa shape index (κ1) is 19.9. The molecule has 0 saturated carbocycles. The van der Waals surface area contributed by atoms with Crippen LogP contribution >= 0.6 is 11.6 Å². The average Bonchev–Trinajstić information content (AvgIpc) is 3.09. The molecule has 0 aliphatic carbocycles. The second-order valence-corrected chi connectivity index (χ2v) is 7.06. The minimum atomic E-state index is -0.518. The number of rotatable bonds is 6. The summed E-state index contributed by atoms with van der Waals surface area (Å²) in [5, 5.41) is 3.04. The molecule has 6 nitrogen and oxygen atoms in total. The van der Waals surface area contributed by atoms with Crippen LogP contribution in [-0.4, -0.2) is 42.9 Å². The molecular formula is C21H21ClN2O4. The summed E-state index contributed by atoms with van der Waals surface area (Å²) in [5.41, 5.74) is 1.76. The molecule has 146 valence electrons. The average molecular weight is 401 g/mol. The number of halogens is 1. The molecule has 3 rings (SSSR count). The first-order valence-corrected chi connectivity index (χ1v) is 9.36. The summed E-state index contributed by atoms with van der Waals surface area (Å²) < 4.78 is 4.68. The van der Waals surface area contributed by atoms with E-state index in [1.165, 1.54) is 25.3 Å². The molecule has 28 heavy (non-hydrogen) atoms. The zero-order valence-corrected chi connectivity index (χ0v) is 16.2. The fraction of sp³-hybridized carbons (Fsp3) is 0.286. The van der Waals surface area contributed by atoms with Gasteiger partial charge in [0.05, 0.1) is 29.3 Å². The molecule has 2 aromatic rings. The molecule has 0 spiro atoms. The quantitative estimate of drug-likeness (QED) is 0.756. The summed E-state index contributed by atoms with van der Waals surface area (Å²) in [6, 6.07) is 14.4. The predicted molar refractivity (Wildman–Crippen MR) is 106 cm³/mol. The maximum atomic E-state index is 12.6. The topological polar surface area (TPSA) is 75.7 Å². The smallest absolute Gasteiger partial charge is 0.337 e. The lowest BCUT2D eigenvalue weighted by atomic mass is 10.1. The minimum absolute atomic E-state index is 0.0366. The number of methoxy groups -OCH3 is 1. The van der Waals surface area contributed by atoms with E-state index in [9.17, 15) is 14.4 Å². The van der Waals surface area contributed by atoms with Crippen LogP contribution in [0.4, 0.5) is 5.69 Å². The van der Waals surface area contributed by atoms with E-state index in [-0.39, 0.29) is 23.8 Å². The summed E-state index contributed by atoms with van der Waals surface area (Å²) in [4.78, 5) is 38.3. The number of hydrogen-bond donors (Lipinski definition) is 1. The zero-order valence-electron chi connectivity index (χ0n) is 15.5. The molecule has 2 aromatic carbocycles. The minimum Gasteiger partial charge on any atom is -0.465 e. The van der Waals surface area contributed by atoms with E-state index >= 15 is 0 Å². The van der Waals surface area contributed by atoms with E-state index in [2.05, 4.69) is 10.1 Å². The molecule has 1 unspecified atom stereocenters. The lowest BCUT2D eigenvalue weighted by Gasteiger charge is -2.17.